The Morgan fingerprint density at radius 3 is 2.28 bits per heavy atom. The molecule has 18 heavy (non-hydrogen) atoms. The van der Waals surface area contributed by atoms with Gasteiger partial charge in [-0.15, -0.1) is 0 Å². The Morgan fingerprint density at radius 1 is 1.17 bits per heavy atom. The van der Waals surface area contributed by atoms with Crippen molar-refractivity contribution in [3.05, 3.63) is 0 Å². The van der Waals surface area contributed by atoms with E-state index < -0.39 is 12.7 Å². The summed E-state index contributed by atoms with van der Waals surface area (Å²) in [4.78, 5) is 1.48. The van der Waals surface area contributed by atoms with E-state index in [0.717, 1.165) is 32.2 Å². The number of piperidine rings is 1. The summed E-state index contributed by atoms with van der Waals surface area (Å²) in [5, 5.41) is 12.6. The number of alkyl halides is 3. The number of rotatable bonds is 4. The van der Waals surface area contributed by atoms with Crippen molar-refractivity contribution in [2.75, 3.05) is 26.2 Å². The molecule has 2 aliphatic rings. The van der Waals surface area contributed by atoms with Gasteiger partial charge in [0.1, 0.15) is 0 Å². The predicted molar refractivity (Wildman–Crippen MR) is 62.3 cm³/mol. The molecule has 0 aromatic rings. The number of hydrogen-bond acceptors (Lipinski definition) is 3. The minimum Gasteiger partial charge on any atom is -0.393 e. The summed E-state index contributed by atoms with van der Waals surface area (Å²) in [6.45, 7) is 1.14. The Hall–Kier alpha value is -0.330. The maximum Gasteiger partial charge on any atom is 0.401 e. The van der Waals surface area contributed by atoms with E-state index in [1.54, 1.807) is 0 Å². The highest BCUT2D eigenvalue weighted by molar-refractivity contribution is 4.84. The quantitative estimate of drug-likeness (QED) is 0.807. The number of likely N-dealkylation sites (tertiary alicyclic amines) is 1. The van der Waals surface area contributed by atoms with Crippen LogP contribution < -0.4 is 5.32 Å². The van der Waals surface area contributed by atoms with Gasteiger partial charge in [0.2, 0.25) is 0 Å². The lowest BCUT2D eigenvalue weighted by Crippen LogP contribution is -2.47. The Bertz CT molecular complexity index is 259. The van der Waals surface area contributed by atoms with Crippen molar-refractivity contribution in [3.8, 4) is 0 Å². The number of nitrogens with one attached hydrogen (secondary N) is 1. The van der Waals surface area contributed by atoms with Crippen LogP contribution in [0.1, 0.15) is 25.7 Å². The van der Waals surface area contributed by atoms with Crippen LogP contribution in [0.5, 0.6) is 0 Å². The maximum atomic E-state index is 12.2. The SMILES string of the molecule is OC1CC(CNC2CCN(CC(F)(F)F)CC2)C1. The Balaban J connectivity index is 1.58. The summed E-state index contributed by atoms with van der Waals surface area (Å²) < 4.78 is 36.6. The molecule has 1 aliphatic heterocycles. The third-order valence-electron chi connectivity index (χ3n) is 3.90. The zero-order valence-corrected chi connectivity index (χ0v) is 10.4. The zero-order chi connectivity index (χ0) is 13.2. The summed E-state index contributed by atoms with van der Waals surface area (Å²) in [5.74, 6) is 0.549. The Morgan fingerprint density at radius 2 is 1.78 bits per heavy atom. The number of aliphatic hydroxyl groups is 1. The van der Waals surface area contributed by atoms with Crippen molar-refractivity contribution in [2.24, 2.45) is 5.92 Å². The average molecular weight is 266 g/mol. The molecule has 0 aromatic carbocycles. The average Bonchev–Trinajstić information content (AvgIpc) is 2.23. The molecule has 2 rings (SSSR count). The van der Waals surface area contributed by atoms with E-state index in [0.29, 0.717) is 25.0 Å². The van der Waals surface area contributed by atoms with Crippen LogP contribution >= 0.6 is 0 Å². The van der Waals surface area contributed by atoms with Crippen molar-refractivity contribution < 1.29 is 18.3 Å². The summed E-state index contributed by atoms with van der Waals surface area (Å²) >= 11 is 0. The minimum absolute atomic E-state index is 0.134. The van der Waals surface area contributed by atoms with Gasteiger partial charge in [0, 0.05) is 6.04 Å². The minimum atomic E-state index is -4.08. The molecule has 0 amide bonds. The largest absolute Gasteiger partial charge is 0.401 e. The monoisotopic (exact) mass is 266 g/mol. The van der Waals surface area contributed by atoms with Crippen molar-refractivity contribution in [2.45, 2.75) is 44.0 Å². The first-order chi connectivity index (χ1) is 8.42. The summed E-state index contributed by atoms with van der Waals surface area (Å²) in [5.41, 5.74) is 0. The highest BCUT2D eigenvalue weighted by Gasteiger charge is 2.33. The first kappa shape index (κ1) is 14.1. The van der Waals surface area contributed by atoms with Gasteiger partial charge in [-0.2, -0.15) is 13.2 Å². The van der Waals surface area contributed by atoms with Crippen LogP contribution in [0.2, 0.25) is 0 Å². The normalized spacial score (nSPS) is 31.3. The number of halogens is 3. The Labute approximate surface area is 105 Å². The lowest BCUT2D eigenvalue weighted by Gasteiger charge is -2.36. The van der Waals surface area contributed by atoms with Gasteiger partial charge >= 0.3 is 6.18 Å². The van der Waals surface area contributed by atoms with Gasteiger partial charge in [0.25, 0.3) is 0 Å². The molecule has 0 spiro atoms. The zero-order valence-electron chi connectivity index (χ0n) is 10.4. The molecule has 0 aromatic heterocycles. The predicted octanol–water partition coefficient (Wildman–Crippen LogP) is 1.37. The molecule has 0 atom stereocenters. The third-order valence-corrected chi connectivity index (χ3v) is 3.90. The fourth-order valence-corrected chi connectivity index (χ4v) is 2.75. The molecule has 3 nitrogen and oxygen atoms in total. The van der Waals surface area contributed by atoms with E-state index in [1.807, 2.05) is 0 Å². The molecule has 0 bridgehead atoms. The third kappa shape index (κ3) is 4.40. The molecular weight excluding hydrogens is 245 g/mol. The standard InChI is InChI=1S/C12H21F3N2O/c13-12(14,15)8-17-3-1-10(2-4-17)16-7-9-5-11(18)6-9/h9-11,16,18H,1-8H2. The van der Waals surface area contributed by atoms with Crippen LogP contribution in [-0.4, -0.2) is 54.5 Å². The lowest BCUT2D eigenvalue weighted by atomic mass is 9.82. The van der Waals surface area contributed by atoms with Crippen LogP contribution in [0.15, 0.2) is 0 Å². The van der Waals surface area contributed by atoms with Gasteiger partial charge in [0.05, 0.1) is 12.6 Å². The first-order valence-electron chi connectivity index (χ1n) is 6.63. The van der Waals surface area contributed by atoms with Gasteiger partial charge in [-0.05, 0) is 51.2 Å². The van der Waals surface area contributed by atoms with E-state index in [2.05, 4.69) is 5.32 Å². The van der Waals surface area contributed by atoms with Crippen LogP contribution in [0.25, 0.3) is 0 Å². The van der Waals surface area contributed by atoms with E-state index in [9.17, 15) is 13.2 Å². The fraction of sp³-hybridized carbons (Fsp3) is 1.00. The van der Waals surface area contributed by atoms with E-state index in [4.69, 9.17) is 5.11 Å². The molecule has 1 saturated heterocycles. The number of nitrogens with zero attached hydrogens (tertiary/aromatic N) is 1. The maximum absolute atomic E-state index is 12.2. The van der Waals surface area contributed by atoms with E-state index in [-0.39, 0.29) is 6.10 Å². The molecule has 6 heteroatoms. The van der Waals surface area contributed by atoms with Gasteiger partial charge < -0.3 is 10.4 Å². The second-order valence-corrected chi connectivity index (χ2v) is 5.57. The van der Waals surface area contributed by atoms with Crippen molar-refractivity contribution in [3.63, 3.8) is 0 Å². The second kappa shape index (κ2) is 5.75. The smallest absolute Gasteiger partial charge is 0.393 e. The van der Waals surface area contributed by atoms with Gasteiger partial charge in [-0.3, -0.25) is 4.90 Å². The molecule has 1 aliphatic carbocycles. The van der Waals surface area contributed by atoms with Crippen molar-refractivity contribution >= 4 is 0 Å². The number of aliphatic hydroxyl groups excluding tert-OH is 1. The topological polar surface area (TPSA) is 35.5 Å². The highest BCUT2D eigenvalue weighted by Crippen LogP contribution is 2.26. The first-order valence-corrected chi connectivity index (χ1v) is 6.63. The van der Waals surface area contributed by atoms with Crippen molar-refractivity contribution in [1.82, 2.24) is 10.2 Å². The van der Waals surface area contributed by atoms with E-state index in [1.165, 1.54) is 4.90 Å². The van der Waals surface area contributed by atoms with Gasteiger partial charge in [-0.1, -0.05) is 0 Å². The Kier molecular flexibility index (Phi) is 4.50. The molecule has 106 valence electrons. The molecule has 0 radical (unpaired) electrons. The van der Waals surface area contributed by atoms with Crippen LogP contribution in [0, 0.1) is 5.92 Å². The van der Waals surface area contributed by atoms with Gasteiger partial charge in [-0.25, -0.2) is 0 Å². The second-order valence-electron chi connectivity index (χ2n) is 5.57. The molecule has 1 heterocycles. The van der Waals surface area contributed by atoms with Crippen LogP contribution in [-0.2, 0) is 0 Å². The van der Waals surface area contributed by atoms with Crippen molar-refractivity contribution in [1.29, 1.82) is 0 Å². The van der Waals surface area contributed by atoms with Crippen LogP contribution in [0.4, 0.5) is 13.2 Å². The molecule has 0 unspecified atom stereocenters. The fourth-order valence-electron chi connectivity index (χ4n) is 2.75. The summed E-state index contributed by atoms with van der Waals surface area (Å²) in [6.07, 6.45) is -0.927. The molecule has 1 saturated carbocycles. The lowest BCUT2D eigenvalue weighted by molar-refractivity contribution is -0.148. The molecule has 2 fully saturated rings. The summed E-state index contributed by atoms with van der Waals surface area (Å²) in [7, 11) is 0. The molecular formula is C12H21F3N2O. The van der Waals surface area contributed by atoms with Crippen LogP contribution in [0.3, 0.4) is 0 Å². The number of hydrogen-bond donors (Lipinski definition) is 2. The van der Waals surface area contributed by atoms with E-state index >= 15 is 0 Å². The summed E-state index contributed by atoms with van der Waals surface area (Å²) in [6, 6.07) is 0.340. The van der Waals surface area contributed by atoms with Gasteiger partial charge in [0.15, 0.2) is 0 Å². The highest BCUT2D eigenvalue weighted by atomic mass is 19.4. The molecule has 2 N–H and O–H groups in total.